The third-order valence-electron chi connectivity index (χ3n) is 6.96. The van der Waals surface area contributed by atoms with Gasteiger partial charge < -0.3 is 10.6 Å². The summed E-state index contributed by atoms with van der Waals surface area (Å²) in [4.78, 5) is 12.7. The quantitative estimate of drug-likeness (QED) is 0.384. The molecular weight excluding hydrogens is 428 g/mol. The lowest BCUT2D eigenvalue weighted by atomic mass is 9.74. The number of ketones is 1. The molecule has 0 unspecified atom stereocenters. The van der Waals surface area contributed by atoms with Crippen molar-refractivity contribution in [3.63, 3.8) is 0 Å². The van der Waals surface area contributed by atoms with E-state index in [2.05, 4.69) is 74.2 Å². The van der Waals surface area contributed by atoms with Crippen molar-refractivity contribution in [1.29, 1.82) is 0 Å². The van der Waals surface area contributed by atoms with E-state index in [0.29, 0.717) is 12.8 Å². The van der Waals surface area contributed by atoms with Crippen LogP contribution in [0, 0.1) is 5.41 Å². The van der Waals surface area contributed by atoms with Gasteiger partial charge in [-0.05, 0) is 54.2 Å². The van der Waals surface area contributed by atoms with Crippen LogP contribution in [-0.2, 0) is 23.1 Å². The van der Waals surface area contributed by atoms with Crippen LogP contribution in [0.1, 0.15) is 73.1 Å². The maximum atomic E-state index is 12.7. The SMILES string of the molecule is C=C=C(NC1=CCc2cc(C(C)(C)C(C)=C=C)c(CCC(=O)C(C)(C)C)cc2N1)c1ccccc1.[HH].[HH]. The number of Topliss-reactive ketones (excluding diaryl/α,β-unsaturated/α-hetero) is 1. The molecule has 0 spiro atoms. The van der Waals surface area contributed by atoms with Gasteiger partial charge in [-0.2, -0.15) is 0 Å². The maximum absolute atomic E-state index is 12.7. The van der Waals surface area contributed by atoms with E-state index in [1.807, 2.05) is 51.1 Å². The average Bonchev–Trinajstić information content (AvgIpc) is 2.84. The number of nitrogens with one attached hydrogen (secondary N) is 2. The molecule has 0 bridgehead atoms. The lowest BCUT2D eigenvalue weighted by Gasteiger charge is -2.31. The Kier molecular flexibility index (Phi) is 7.76. The highest BCUT2D eigenvalue weighted by Crippen LogP contribution is 2.38. The summed E-state index contributed by atoms with van der Waals surface area (Å²) in [6.45, 7) is 20.2. The molecule has 0 aliphatic carbocycles. The standard InChI is InChI=1S/C32H38N2O.2H2/c1-9-22(3)32(7,8)26-20-25-17-19-30(33-27(10-2)23-14-12-11-13-15-23)34-28(25)21-24(26)16-18-29(35)31(4,5)6;;/h11-15,19-21,33-34H,1-2,16-18H2,3-8H3;2*1H. The molecule has 0 saturated heterocycles. The predicted octanol–water partition coefficient (Wildman–Crippen LogP) is 7.96. The van der Waals surface area contributed by atoms with Gasteiger partial charge in [-0.3, -0.25) is 4.79 Å². The van der Waals surface area contributed by atoms with Gasteiger partial charge in [0.15, 0.2) is 0 Å². The smallest absolute Gasteiger partial charge is 0.138 e. The molecule has 0 atom stereocenters. The molecule has 2 aromatic carbocycles. The highest BCUT2D eigenvalue weighted by Gasteiger charge is 2.29. The normalized spacial score (nSPS) is 12.9. The number of carbonyl (C=O) groups excluding carboxylic acids is 1. The summed E-state index contributed by atoms with van der Waals surface area (Å²) in [5.41, 5.74) is 13.2. The zero-order valence-electron chi connectivity index (χ0n) is 22.1. The molecule has 1 heterocycles. The number of anilines is 1. The first-order chi connectivity index (χ1) is 16.5. The summed E-state index contributed by atoms with van der Waals surface area (Å²) in [5.74, 6) is 1.17. The number of hydrogen-bond acceptors (Lipinski definition) is 3. The maximum Gasteiger partial charge on any atom is 0.138 e. The van der Waals surface area contributed by atoms with E-state index in [4.69, 9.17) is 0 Å². The molecule has 186 valence electrons. The molecule has 0 aromatic heterocycles. The molecule has 3 nitrogen and oxygen atoms in total. The second-order valence-corrected chi connectivity index (χ2v) is 10.8. The van der Waals surface area contributed by atoms with Crippen molar-refractivity contribution in [3.8, 4) is 0 Å². The molecule has 1 aliphatic heterocycles. The Morgan fingerprint density at radius 3 is 2.37 bits per heavy atom. The van der Waals surface area contributed by atoms with Gasteiger partial charge in [-0.1, -0.05) is 84.2 Å². The summed E-state index contributed by atoms with van der Waals surface area (Å²) >= 11 is 0. The van der Waals surface area contributed by atoms with Crippen molar-refractivity contribution < 1.29 is 7.65 Å². The largest absolute Gasteiger partial charge is 0.342 e. The van der Waals surface area contributed by atoms with E-state index in [9.17, 15) is 4.79 Å². The van der Waals surface area contributed by atoms with Crippen LogP contribution >= 0.6 is 0 Å². The average molecular weight is 471 g/mol. The first kappa shape index (κ1) is 26.1. The molecule has 0 saturated carbocycles. The van der Waals surface area contributed by atoms with Gasteiger partial charge in [-0.25, -0.2) is 0 Å². The minimum absolute atomic E-state index is 0. The lowest BCUT2D eigenvalue weighted by molar-refractivity contribution is -0.126. The number of benzene rings is 2. The van der Waals surface area contributed by atoms with Crippen LogP contribution < -0.4 is 10.6 Å². The molecule has 0 radical (unpaired) electrons. The summed E-state index contributed by atoms with van der Waals surface area (Å²) in [6.07, 6.45) is 4.16. The Morgan fingerprint density at radius 2 is 1.77 bits per heavy atom. The van der Waals surface area contributed by atoms with Crippen molar-refractivity contribution in [2.45, 2.75) is 66.2 Å². The summed E-state index contributed by atoms with van der Waals surface area (Å²) in [7, 11) is 0. The number of fused-ring (bicyclic) bond motifs is 1. The summed E-state index contributed by atoms with van der Waals surface area (Å²) in [6, 6.07) is 14.6. The fourth-order valence-electron chi connectivity index (χ4n) is 4.26. The van der Waals surface area contributed by atoms with Gasteiger partial charge in [0.2, 0.25) is 0 Å². The lowest BCUT2D eigenvalue weighted by Crippen LogP contribution is -2.25. The molecule has 3 heteroatoms. The van der Waals surface area contributed by atoms with Crippen LogP contribution in [0.3, 0.4) is 0 Å². The molecule has 2 N–H and O–H groups in total. The Bertz CT molecular complexity index is 1250. The van der Waals surface area contributed by atoms with Crippen molar-refractivity contribution in [1.82, 2.24) is 5.32 Å². The first-order valence-electron chi connectivity index (χ1n) is 12.2. The van der Waals surface area contributed by atoms with Gasteiger partial charge in [0.05, 0.1) is 5.70 Å². The van der Waals surface area contributed by atoms with Gasteiger partial charge in [0, 0.05) is 31.4 Å². The summed E-state index contributed by atoms with van der Waals surface area (Å²) < 4.78 is 0. The monoisotopic (exact) mass is 470 g/mol. The molecule has 3 rings (SSSR count). The second-order valence-electron chi connectivity index (χ2n) is 10.8. The molecule has 0 amide bonds. The fourth-order valence-corrected chi connectivity index (χ4v) is 4.26. The highest BCUT2D eigenvalue weighted by molar-refractivity contribution is 5.84. The molecule has 1 aliphatic rings. The highest BCUT2D eigenvalue weighted by atomic mass is 16.1. The molecule has 35 heavy (non-hydrogen) atoms. The van der Waals surface area contributed by atoms with E-state index in [-0.39, 0.29) is 19.5 Å². The Balaban J connectivity index is 0.00000342. The van der Waals surface area contributed by atoms with E-state index in [1.54, 1.807) is 0 Å². The Hall–Kier alpha value is -3.51. The van der Waals surface area contributed by atoms with Gasteiger partial charge in [-0.15, -0.1) is 11.5 Å². The molecule has 2 aromatic rings. The zero-order chi connectivity index (χ0) is 25.8. The molecular formula is C32H42N2O. The summed E-state index contributed by atoms with van der Waals surface area (Å²) in [5, 5.41) is 6.99. The second kappa shape index (κ2) is 10.4. The van der Waals surface area contributed by atoms with Crippen molar-refractivity contribution in [2.75, 3.05) is 5.32 Å². The van der Waals surface area contributed by atoms with Crippen molar-refractivity contribution >= 4 is 17.2 Å². The van der Waals surface area contributed by atoms with Gasteiger partial charge >= 0.3 is 0 Å². The number of carbonyl (C=O) groups is 1. The van der Waals surface area contributed by atoms with Crippen LogP contribution in [0.15, 0.2) is 84.6 Å². The topological polar surface area (TPSA) is 41.1 Å². The third kappa shape index (κ3) is 5.95. The van der Waals surface area contributed by atoms with E-state index >= 15 is 0 Å². The van der Waals surface area contributed by atoms with Crippen LogP contribution in [0.25, 0.3) is 5.70 Å². The van der Waals surface area contributed by atoms with Crippen LogP contribution in [0.5, 0.6) is 0 Å². The number of rotatable bonds is 8. The third-order valence-corrected chi connectivity index (χ3v) is 6.96. The Labute approximate surface area is 214 Å². The minimum Gasteiger partial charge on any atom is -0.342 e. The van der Waals surface area contributed by atoms with E-state index < -0.39 is 0 Å². The van der Waals surface area contributed by atoms with Gasteiger partial charge in [0.1, 0.15) is 11.6 Å². The number of allylic oxidation sites excluding steroid dienone is 2. The number of hydrogen-bond donors (Lipinski definition) is 2. The number of aryl methyl sites for hydroxylation is 1. The van der Waals surface area contributed by atoms with Crippen LogP contribution in [0.2, 0.25) is 0 Å². The van der Waals surface area contributed by atoms with Crippen LogP contribution in [0.4, 0.5) is 5.69 Å². The fraction of sp³-hybridized carbons (Fsp3) is 0.344. The first-order valence-corrected chi connectivity index (χ1v) is 12.2. The van der Waals surface area contributed by atoms with Crippen LogP contribution in [-0.4, -0.2) is 5.78 Å². The van der Waals surface area contributed by atoms with E-state index in [1.165, 1.54) is 16.7 Å². The van der Waals surface area contributed by atoms with Gasteiger partial charge in [0.25, 0.3) is 0 Å². The van der Waals surface area contributed by atoms with Crippen molar-refractivity contribution in [2.24, 2.45) is 5.41 Å². The zero-order valence-corrected chi connectivity index (χ0v) is 22.1. The van der Waals surface area contributed by atoms with E-state index in [0.717, 1.165) is 34.8 Å². The molecule has 0 fully saturated rings. The predicted molar refractivity (Wildman–Crippen MR) is 152 cm³/mol. The van der Waals surface area contributed by atoms with Crippen molar-refractivity contribution in [3.05, 3.63) is 107 Å². The minimum atomic E-state index is -0.343. The Morgan fingerprint density at radius 1 is 1.09 bits per heavy atom.